The van der Waals surface area contributed by atoms with Crippen LogP contribution in [0.25, 0.3) is 32.2 Å². The normalized spacial score (nSPS) is 19.0. The van der Waals surface area contributed by atoms with Gasteiger partial charge in [-0.1, -0.05) is 23.5 Å². The van der Waals surface area contributed by atoms with Crippen molar-refractivity contribution in [3.05, 3.63) is 35.6 Å². The molecule has 2 aromatic carbocycles. The molecule has 10 heteroatoms. The van der Waals surface area contributed by atoms with Gasteiger partial charge in [0, 0.05) is 48.7 Å². The number of fused-ring (bicyclic) bond motifs is 2. The Kier molecular flexibility index (Phi) is 6.10. The van der Waals surface area contributed by atoms with Gasteiger partial charge in [-0.2, -0.15) is 9.97 Å². The minimum Gasteiger partial charge on any atom is -0.462 e. The number of nitrogens with two attached hydrogens (primary N) is 1. The number of anilines is 2. The molecule has 2 fully saturated rings. The molecule has 8 nitrogen and oxygen atoms in total. The third-order valence-corrected chi connectivity index (χ3v) is 8.14. The van der Waals surface area contributed by atoms with E-state index in [-0.39, 0.29) is 17.3 Å². The van der Waals surface area contributed by atoms with E-state index < -0.39 is 0 Å². The van der Waals surface area contributed by atoms with Crippen LogP contribution in [0.5, 0.6) is 6.01 Å². The topological polar surface area (TPSA) is 92.4 Å². The summed E-state index contributed by atoms with van der Waals surface area (Å²) in [6.45, 7) is 6.74. The smallest absolute Gasteiger partial charge is 0.319 e. The van der Waals surface area contributed by atoms with Gasteiger partial charge in [-0.15, -0.1) is 0 Å². The van der Waals surface area contributed by atoms with E-state index in [0.717, 1.165) is 67.2 Å². The first-order valence-electron chi connectivity index (χ1n) is 12.4. The lowest BCUT2D eigenvalue weighted by Gasteiger charge is -2.30. The number of likely N-dealkylation sites (tertiary alicyclic amines) is 1. The van der Waals surface area contributed by atoms with Gasteiger partial charge in [-0.3, -0.25) is 0 Å². The molecule has 1 unspecified atom stereocenters. The molecule has 2 aromatic heterocycles. The standard InChI is InChI=1S/C26H30FN7OS/c1-15-13-18-23(21(27)20(15)17-6-3-7-19-22(17)30-25(28)36-19)31-26(35-14-16-5-4-10-33(16)2)32-24(18)34-11-8-29-9-12-34/h3,6-7,13,16,29H,4-5,8-12,14H2,1-2H3,(H2,28,30). The summed E-state index contributed by atoms with van der Waals surface area (Å²) in [6, 6.07) is 8.30. The lowest BCUT2D eigenvalue weighted by Crippen LogP contribution is -2.44. The number of aryl methyl sites for hydroxylation is 1. The molecule has 2 saturated heterocycles. The Morgan fingerprint density at radius 2 is 2.00 bits per heavy atom. The van der Waals surface area contributed by atoms with E-state index in [1.807, 2.05) is 31.2 Å². The van der Waals surface area contributed by atoms with Crippen molar-refractivity contribution in [3.8, 4) is 17.1 Å². The molecule has 4 heterocycles. The summed E-state index contributed by atoms with van der Waals surface area (Å²) in [7, 11) is 2.11. The summed E-state index contributed by atoms with van der Waals surface area (Å²) in [4.78, 5) is 18.4. The maximum atomic E-state index is 16.4. The molecule has 0 bridgehead atoms. The predicted octanol–water partition coefficient (Wildman–Crippen LogP) is 3.82. The number of nitrogens with zero attached hydrogens (tertiary/aromatic N) is 5. The fraction of sp³-hybridized carbons (Fsp3) is 0.423. The number of piperazine rings is 1. The molecule has 0 radical (unpaired) electrons. The number of thiazole rings is 1. The Bertz CT molecular complexity index is 1440. The quantitative estimate of drug-likeness (QED) is 0.421. The second-order valence-electron chi connectivity index (χ2n) is 9.64. The zero-order valence-corrected chi connectivity index (χ0v) is 21.4. The number of likely N-dealkylation sites (N-methyl/N-ethyl adjacent to an activating group) is 1. The second-order valence-corrected chi connectivity index (χ2v) is 10.7. The number of hydrogen-bond donors (Lipinski definition) is 2. The number of ether oxygens (including phenoxy) is 1. The van der Waals surface area contributed by atoms with Crippen LogP contribution in [-0.4, -0.2) is 72.3 Å². The van der Waals surface area contributed by atoms with Crippen LogP contribution in [0, 0.1) is 12.7 Å². The first-order valence-corrected chi connectivity index (χ1v) is 13.3. The highest BCUT2D eigenvalue weighted by atomic mass is 32.1. The first kappa shape index (κ1) is 23.3. The second kappa shape index (κ2) is 9.42. The molecule has 2 aliphatic rings. The van der Waals surface area contributed by atoms with Crippen LogP contribution in [0.1, 0.15) is 18.4 Å². The molecule has 3 N–H and O–H groups in total. The maximum Gasteiger partial charge on any atom is 0.319 e. The van der Waals surface area contributed by atoms with Gasteiger partial charge in [0.25, 0.3) is 0 Å². The van der Waals surface area contributed by atoms with Crippen LogP contribution in [0.4, 0.5) is 15.3 Å². The van der Waals surface area contributed by atoms with Crippen molar-refractivity contribution in [1.29, 1.82) is 0 Å². The Labute approximate surface area is 213 Å². The Morgan fingerprint density at radius 3 is 2.78 bits per heavy atom. The molecule has 0 amide bonds. The first-order chi connectivity index (χ1) is 17.5. The number of hydrogen-bond acceptors (Lipinski definition) is 9. The molecule has 6 rings (SSSR count). The number of nitrogen functional groups attached to an aromatic ring is 1. The third-order valence-electron chi connectivity index (χ3n) is 7.29. The van der Waals surface area contributed by atoms with Crippen molar-refractivity contribution in [1.82, 2.24) is 25.2 Å². The van der Waals surface area contributed by atoms with Crippen molar-refractivity contribution >= 4 is 43.4 Å². The summed E-state index contributed by atoms with van der Waals surface area (Å²) >= 11 is 1.40. The molecule has 1 atom stereocenters. The zero-order valence-electron chi connectivity index (χ0n) is 20.6. The van der Waals surface area contributed by atoms with Gasteiger partial charge in [0.15, 0.2) is 10.9 Å². The number of para-hydroxylation sites is 1. The number of aromatic nitrogens is 3. The number of rotatable bonds is 5. The minimum absolute atomic E-state index is 0.223. The van der Waals surface area contributed by atoms with Gasteiger partial charge < -0.3 is 25.6 Å². The van der Waals surface area contributed by atoms with Crippen molar-refractivity contribution in [2.75, 3.05) is 57.0 Å². The average Bonchev–Trinajstić information content (AvgIpc) is 3.47. The highest BCUT2D eigenvalue weighted by Crippen LogP contribution is 2.40. The van der Waals surface area contributed by atoms with E-state index in [1.165, 1.54) is 11.3 Å². The Hall–Kier alpha value is -3.08. The molecule has 188 valence electrons. The molecule has 0 aliphatic carbocycles. The summed E-state index contributed by atoms with van der Waals surface area (Å²) in [5.74, 6) is 0.339. The van der Waals surface area contributed by atoms with E-state index in [1.54, 1.807) is 0 Å². The van der Waals surface area contributed by atoms with Gasteiger partial charge in [-0.05, 0) is 51.1 Å². The van der Waals surface area contributed by atoms with E-state index in [4.69, 9.17) is 15.5 Å². The third kappa shape index (κ3) is 4.12. The minimum atomic E-state index is -0.384. The van der Waals surface area contributed by atoms with Gasteiger partial charge in [-0.25, -0.2) is 9.37 Å². The lowest BCUT2D eigenvalue weighted by atomic mass is 9.96. The van der Waals surface area contributed by atoms with E-state index in [2.05, 4.69) is 32.1 Å². The Balaban J connectivity index is 1.50. The van der Waals surface area contributed by atoms with Crippen LogP contribution in [0.3, 0.4) is 0 Å². The average molecular weight is 508 g/mol. The SMILES string of the molecule is Cc1cc2c(N3CCNCC3)nc(OCC3CCCN3C)nc2c(F)c1-c1cccc2sc(N)nc12. The van der Waals surface area contributed by atoms with Gasteiger partial charge >= 0.3 is 6.01 Å². The van der Waals surface area contributed by atoms with Crippen molar-refractivity contribution in [2.45, 2.75) is 25.8 Å². The summed E-state index contributed by atoms with van der Waals surface area (Å²) in [5, 5.41) is 4.54. The van der Waals surface area contributed by atoms with E-state index >= 15 is 4.39 Å². The van der Waals surface area contributed by atoms with E-state index in [9.17, 15) is 0 Å². The van der Waals surface area contributed by atoms with Crippen LogP contribution >= 0.6 is 11.3 Å². The zero-order chi connectivity index (χ0) is 24.8. The van der Waals surface area contributed by atoms with Crippen molar-refractivity contribution in [3.63, 3.8) is 0 Å². The van der Waals surface area contributed by atoms with Crippen LogP contribution in [0.2, 0.25) is 0 Å². The molecule has 0 saturated carbocycles. The highest BCUT2D eigenvalue weighted by molar-refractivity contribution is 7.22. The summed E-state index contributed by atoms with van der Waals surface area (Å²) < 4.78 is 23.5. The monoisotopic (exact) mass is 507 g/mol. The van der Waals surface area contributed by atoms with Gasteiger partial charge in [0.2, 0.25) is 0 Å². The van der Waals surface area contributed by atoms with E-state index in [0.29, 0.717) is 34.2 Å². The molecule has 36 heavy (non-hydrogen) atoms. The van der Waals surface area contributed by atoms with Crippen molar-refractivity contribution < 1.29 is 9.13 Å². The molecular weight excluding hydrogens is 477 g/mol. The van der Waals surface area contributed by atoms with Gasteiger partial charge in [0.05, 0.1) is 10.2 Å². The van der Waals surface area contributed by atoms with Crippen LogP contribution in [0.15, 0.2) is 24.3 Å². The lowest BCUT2D eigenvalue weighted by molar-refractivity contribution is 0.188. The molecule has 2 aliphatic heterocycles. The van der Waals surface area contributed by atoms with Crippen LogP contribution in [-0.2, 0) is 0 Å². The summed E-state index contributed by atoms with van der Waals surface area (Å²) in [5.41, 5.74) is 8.98. The molecular formula is C26H30FN7OS. The maximum absolute atomic E-state index is 16.4. The van der Waals surface area contributed by atoms with Crippen LogP contribution < -0.4 is 20.7 Å². The Morgan fingerprint density at radius 1 is 1.17 bits per heavy atom. The number of nitrogens with one attached hydrogen (secondary N) is 1. The highest BCUT2D eigenvalue weighted by Gasteiger charge is 2.26. The fourth-order valence-corrected chi connectivity index (χ4v) is 6.12. The molecule has 4 aromatic rings. The summed E-state index contributed by atoms with van der Waals surface area (Å²) in [6.07, 6.45) is 2.23. The van der Waals surface area contributed by atoms with Crippen molar-refractivity contribution in [2.24, 2.45) is 0 Å². The fourth-order valence-electron chi connectivity index (χ4n) is 5.36. The molecule has 0 spiro atoms. The largest absolute Gasteiger partial charge is 0.462 e. The number of benzene rings is 2. The number of halogens is 1. The predicted molar refractivity (Wildman–Crippen MR) is 143 cm³/mol. The van der Waals surface area contributed by atoms with Gasteiger partial charge in [0.1, 0.15) is 17.9 Å².